The van der Waals surface area contributed by atoms with E-state index in [0.29, 0.717) is 18.5 Å². The Hall–Kier alpha value is -3.04. The molecule has 4 amide bonds. The van der Waals surface area contributed by atoms with Gasteiger partial charge in [0.1, 0.15) is 0 Å². The molecule has 172 valence electrons. The fraction of sp³-hybridized carbons (Fsp3) is 0.545. The van der Waals surface area contributed by atoms with Crippen molar-refractivity contribution in [1.82, 2.24) is 20.7 Å². The molecule has 8 nitrogen and oxygen atoms in total. The van der Waals surface area contributed by atoms with E-state index in [1.807, 2.05) is 10.3 Å². The highest BCUT2D eigenvalue weighted by Gasteiger charge is 2.41. The molecule has 3 aliphatic rings. The second kappa shape index (κ2) is 9.22. The number of hydrazine groups is 1. The van der Waals surface area contributed by atoms with Crippen LogP contribution in [0.1, 0.15) is 71.2 Å². The third kappa shape index (κ3) is 4.31. The third-order valence-corrected chi connectivity index (χ3v) is 6.56. The van der Waals surface area contributed by atoms with Gasteiger partial charge >= 0.3 is 12.3 Å². The Balaban J connectivity index is 1.49. The summed E-state index contributed by atoms with van der Waals surface area (Å²) < 4.78 is 24.6. The molecular formula is C22H26F2N4O4. The first-order valence-corrected chi connectivity index (χ1v) is 11.0. The second-order valence-corrected chi connectivity index (χ2v) is 8.51. The number of amides is 4. The van der Waals surface area contributed by atoms with Crippen molar-refractivity contribution in [3.05, 3.63) is 34.9 Å². The van der Waals surface area contributed by atoms with Gasteiger partial charge in [0.05, 0.1) is 12.1 Å². The lowest BCUT2D eigenvalue weighted by molar-refractivity contribution is -0.138. The van der Waals surface area contributed by atoms with Gasteiger partial charge < -0.3 is 9.80 Å². The van der Waals surface area contributed by atoms with Crippen LogP contribution >= 0.6 is 0 Å². The molecule has 2 atom stereocenters. The quantitative estimate of drug-likeness (QED) is 0.689. The Kier molecular flexibility index (Phi) is 6.38. The Morgan fingerprint density at radius 3 is 2.38 bits per heavy atom. The lowest BCUT2D eigenvalue weighted by Gasteiger charge is -2.45. The van der Waals surface area contributed by atoms with Crippen LogP contribution in [0.25, 0.3) is 0 Å². The molecule has 0 bridgehead atoms. The van der Waals surface area contributed by atoms with E-state index in [2.05, 4.69) is 0 Å². The number of likely N-dealkylation sites (tertiary alicyclic amines) is 1. The molecule has 32 heavy (non-hydrogen) atoms. The summed E-state index contributed by atoms with van der Waals surface area (Å²) in [6.07, 6.45) is 2.89. The summed E-state index contributed by atoms with van der Waals surface area (Å²) in [5.41, 5.74) is 4.81. The average Bonchev–Trinajstić information content (AvgIpc) is 3.13. The Morgan fingerprint density at radius 2 is 1.69 bits per heavy atom. The van der Waals surface area contributed by atoms with Gasteiger partial charge in [-0.1, -0.05) is 18.9 Å². The Morgan fingerprint density at radius 1 is 0.969 bits per heavy atom. The normalized spacial score (nSPS) is 23.3. The first-order chi connectivity index (χ1) is 15.4. The van der Waals surface area contributed by atoms with Crippen LogP contribution < -0.4 is 10.9 Å². The standard InChI is InChI=1S/C22H26F2N4O4/c23-19(24)21(31)26-25-20(30)13-8-9-14-12-28(22(32)15(14)11-13)17-6-2-1-5-16(17)27-10-4-3-7-18(27)29/h8-9,11,16-17,19H,1-7,10,12H2,(H,25,30)(H,26,31)/t16-,17-/m1/s1. The van der Waals surface area contributed by atoms with Crippen molar-refractivity contribution in [2.24, 2.45) is 0 Å². The van der Waals surface area contributed by atoms with Crippen LogP contribution in [-0.4, -0.2) is 58.5 Å². The molecule has 0 spiro atoms. The van der Waals surface area contributed by atoms with E-state index in [1.165, 1.54) is 12.1 Å². The predicted octanol–water partition coefficient (Wildman–Crippen LogP) is 1.99. The molecule has 0 aromatic heterocycles. The maximum atomic E-state index is 13.3. The minimum absolute atomic E-state index is 0.00198. The molecule has 4 rings (SSSR count). The van der Waals surface area contributed by atoms with Gasteiger partial charge in [-0.2, -0.15) is 8.78 Å². The molecule has 2 heterocycles. The summed E-state index contributed by atoms with van der Waals surface area (Å²) in [5, 5.41) is 0. The number of halogens is 2. The minimum atomic E-state index is -3.25. The van der Waals surface area contributed by atoms with Crippen LogP contribution in [0.2, 0.25) is 0 Å². The first kappa shape index (κ1) is 22.2. The molecule has 1 aromatic carbocycles. The molecule has 0 radical (unpaired) electrons. The minimum Gasteiger partial charge on any atom is -0.338 e. The zero-order valence-corrected chi connectivity index (χ0v) is 17.6. The molecule has 1 saturated heterocycles. The molecule has 0 unspecified atom stereocenters. The highest BCUT2D eigenvalue weighted by molar-refractivity contribution is 6.02. The Bertz CT molecular complexity index is 939. The van der Waals surface area contributed by atoms with Gasteiger partial charge in [-0.3, -0.25) is 30.0 Å². The summed E-state index contributed by atoms with van der Waals surface area (Å²) in [7, 11) is 0. The molecule has 10 heteroatoms. The topological polar surface area (TPSA) is 98.8 Å². The number of benzene rings is 1. The molecule has 1 saturated carbocycles. The van der Waals surface area contributed by atoms with E-state index in [1.54, 1.807) is 16.4 Å². The van der Waals surface area contributed by atoms with Crippen LogP contribution in [0.5, 0.6) is 0 Å². The maximum Gasteiger partial charge on any atom is 0.317 e. The zero-order valence-electron chi connectivity index (χ0n) is 17.6. The number of rotatable bonds is 4. The molecule has 1 aromatic rings. The van der Waals surface area contributed by atoms with Gasteiger partial charge in [0.15, 0.2) is 0 Å². The van der Waals surface area contributed by atoms with Crippen molar-refractivity contribution in [2.75, 3.05) is 6.54 Å². The average molecular weight is 448 g/mol. The molecule has 2 N–H and O–H groups in total. The number of carbonyl (C=O) groups excluding carboxylic acids is 4. The van der Waals surface area contributed by atoms with E-state index < -0.39 is 18.2 Å². The van der Waals surface area contributed by atoms with E-state index in [4.69, 9.17) is 0 Å². The highest BCUT2D eigenvalue weighted by atomic mass is 19.3. The van der Waals surface area contributed by atoms with E-state index in [-0.39, 0.29) is 29.5 Å². The van der Waals surface area contributed by atoms with Gasteiger partial charge in [-0.15, -0.1) is 0 Å². The van der Waals surface area contributed by atoms with E-state index in [9.17, 15) is 28.0 Å². The predicted molar refractivity (Wildman–Crippen MR) is 110 cm³/mol. The van der Waals surface area contributed by atoms with Crippen molar-refractivity contribution >= 4 is 23.6 Å². The number of fused-ring (bicyclic) bond motifs is 1. The van der Waals surface area contributed by atoms with Gasteiger partial charge in [0, 0.05) is 30.6 Å². The SMILES string of the molecule is O=C(NNC(=O)C(F)F)c1ccc2c(c1)C(=O)N([C@@H]1CCCC[C@H]1N1CCCCC1=O)C2. The van der Waals surface area contributed by atoms with Gasteiger partial charge in [-0.25, -0.2) is 0 Å². The van der Waals surface area contributed by atoms with Crippen LogP contribution in [0.15, 0.2) is 18.2 Å². The number of hydrogen-bond donors (Lipinski definition) is 2. The van der Waals surface area contributed by atoms with Gasteiger partial charge in [-0.05, 0) is 43.4 Å². The van der Waals surface area contributed by atoms with E-state index >= 15 is 0 Å². The van der Waals surface area contributed by atoms with Crippen molar-refractivity contribution in [3.63, 3.8) is 0 Å². The fourth-order valence-corrected chi connectivity index (χ4v) is 4.97. The largest absolute Gasteiger partial charge is 0.338 e. The number of alkyl halides is 2. The van der Waals surface area contributed by atoms with Crippen molar-refractivity contribution in [1.29, 1.82) is 0 Å². The van der Waals surface area contributed by atoms with Crippen molar-refractivity contribution in [2.45, 2.75) is 70.0 Å². The summed E-state index contributed by atoms with van der Waals surface area (Å²) in [6.45, 7) is 1.13. The molecular weight excluding hydrogens is 422 g/mol. The number of nitrogens with zero attached hydrogens (tertiary/aromatic N) is 2. The van der Waals surface area contributed by atoms with Crippen LogP contribution in [0.3, 0.4) is 0 Å². The summed E-state index contributed by atoms with van der Waals surface area (Å²) in [6, 6.07) is 4.51. The van der Waals surface area contributed by atoms with Crippen molar-refractivity contribution in [3.8, 4) is 0 Å². The smallest absolute Gasteiger partial charge is 0.317 e. The molecule has 2 fully saturated rings. The monoisotopic (exact) mass is 448 g/mol. The van der Waals surface area contributed by atoms with E-state index in [0.717, 1.165) is 50.6 Å². The Labute approximate surface area is 184 Å². The maximum absolute atomic E-state index is 13.3. The van der Waals surface area contributed by atoms with Crippen LogP contribution in [0.4, 0.5) is 8.78 Å². The first-order valence-electron chi connectivity index (χ1n) is 11.0. The number of nitrogens with one attached hydrogen (secondary N) is 2. The van der Waals surface area contributed by atoms with Gasteiger partial charge in [0.25, 0.3) is 11.8 Å². The van der Waals surface area contributed by atoms with Crippen molar-refractivity contribution < 1.29 is 28.0 Å². The second-order valence-electron chi connectivity index (χ2n) is 8.51. The summed E-state index contributed by atoms with van der Waals surface area (Å²) in [4.78, 5) is 52.7. The third-order valence-electron chi connectivity index (χ3n) is 6.56. The van der Waals surface area contributed by atoms with Crippen LogP contribution in [0, 0.1) is 0 Å². The number of hydrogen-bond acceptors (Lipinski definition) is 4. The van der Waals surface area contributed by atoms with Crippen LogP contribution in [-0.2, 0) is 16.1 Å². The van der Waals surface area contributed by atoms with Gasteiger partial charge in [0.2, 0.25) is 5.91 Å². The lowest BCUT2D eigenvalue weighted by atomic mass is 9.87. The number of carbonyl (C=O) groups is 4. The fourth-order valence-electron chi connectivity index (χ4n) is 4.97. The molecule has 2 aliphatic heterocycles. The summed E-state index contributed by atoms with van der Waals surface area (Å²) >= 11 is 0. The zero-order chi connectivity index (χ0) is 22.8. The summed E-state index contributed by atoms with van der Waals surface area (Å²) in [5.74, 6) is -2.45. The number of piperidine rings is 1. The highest BCUT2D eigenvalue weighted by Crippen LogP contribution is 2.35. The lowest BCUT2D eigenvalue weighted by Crippen LogP contribution is -2.56. The molecule has 1 aliphatic carbocycles.